The number of hydrogen-bond donors (Lipinski definition) is 6. The smallest absolute Gasteiger partial charge is 0.257 e. The molecule has 18 heavy (non-hydrogen) atoms. The molecule has 2 heterocycles. The van der Waals surface area contributed by atoms with Gasteiger partial charge in [-0.25, -0.2) is 4.98 Å². The van der Waals surface area contributed by atoms with Crippen molar-refractivity contribution in [2.24, 2.45) is 0 Å². The number of carbonyl (C=O) groups is 1. The minimum Gasteiger partial charge on any atom is -0.394 e. The maximum atomic E-state index is 11.4. The summed E-state index contributed by atoms with van der Waals surface area (Å²) in [6, 6.07) is -1.000. The topological polar surface area (TPSA) is 140 Å². The van der Waals surface area contributed by atoms with E-state index in [9.17, 15) is 4.79 Å². The molecule has 0 aliphatic carbocycles. The molecule has 0 fully saturated rings. The lowest BCUT2D eigenvalue weighted by atomic mass is 10.2. The van der Waals surface area contributed by atoms with E-state index in [2.05, 4.69) is 25.9 Å². The Bertz CT molecular complexity index is 453. The molecule has 2 rings (SSSR count). The fourth-order valence-electron chi connectivity index (χ4n) is 1.44. The molecule has 1 aliphatic rings. The van der Waals surface area contributed by atoms with E-state index in [1.54, 1.807) is 0 Å². The Morgan fingerprint density at radius 2 is 2.22 bits per heavy atom. The van der Waals surface area contributed by atoms with E-state index >= 15 is 0 Å². The van der Waals surface area contributed by atoms with Gasteiger partial charge in [0.1, 0.15) is 17.4 Å². The number of anilines is 2. The molecule has 1 aliphatic heterocycles. The summed E-state index contributed by atoms with van der Waals surface area (Å²) in [6.45, 7) is -0.236. The Balaban J connectivity index is 2.18. The Kier molecular flexibility index (Phi) is 3.55. The predicted octanol–water partition coefficient (Wildman–Crippen LogP) is -2.33. The average Bonchev–Trinajstić information content (AvgIpc) is 2.35. The molecule has 9 heteroatoms. The van der Waals surface area contributed by atoms with Crippen LogP contribution in [0, 0.1) is 0 Å². The second-order valence-corrected chi connectivity index (χ2v) is 3.66. The first-order valence-electron chi connectivity index (χ1n) is 5.24. The SMILES string of the molecule is O=C1NCNc2nc(NC(CO)C(O)O)ncc21. The first kappa shape index (κ1) is 12.5. The number of aliphatic hydroxyl groups is 3. The van der Waals surface area contributed by atoms with E-state index in [4.69, 9.17) is 15.3 Å². The number of fused-ring (bicyclic) bond motifs is 1. The molecule has 0 saturated carbocycles. The lowest BCUT2D eigenvalue weighted by Gasteiger charge is -2.20. The zero-order valence-electron chi connectivity index (χ0n) is 9.29. The van der Waals surface area contributed by atoms with Gasteiger partial charge in [-0.2, -0.15) is 4.98 Å². The lowest BCUT2D eigenvalue weighted by Crippen LogP contribution is -2.38. The molecule has 1 amide bonds. The summed E-state index contributed by atoms with van der Waals surface area (Å²) in [5, 5.41) is 34.8. The van der Waals surface area contributed by atoms with Crippen LogP contribution >= 0.6 is 0 Å². The first-order valence-corrected chi connectivity index (χ1v) is 5.24. The van der Waals surface area contributed by atoms with Crippen molar-refractivity contribution in [3.63, 3.8) is 0 Å². The van der Waals surface area contributed by atoms with Crippen LogP contribution in [0.15, 0.2) is 6.20 Å². The van der Waals surface area contributed by atoms with E-state index in [0.29, 0.717) is 11.4 Å². The summed E-state index contributed by atoms with van der Waals surface area (Å²) < 4.78 is 0. The molecule has 1 atom stereocenters. The molecule has 0 radical (unpaired) electrons. The van der Waals surface area contributed by atoms with Crippen molar-refractivity contribution in [2.45, 2.75) is 12.3 Å². The van der Waals surface area contributed by atoms with Crippen molar-refractivity contribution in [1.29, 1.82) is 0 Å². The highest BCUT2D eigenvalue weighted by Gasteiger charge is 2.21. The van der Waals surface area contributed by atoms with Gasteiger partial charge in [-0.05, 0) is 0 Å². The molecule has 98 valence electrons. The summed E-state index contributed by atoms with van der Waals surface area (Å²) in [5.41, 5.74) is 0.303. The molecule has 6 N–H and O–H groups in total. The normalized spacial score (nSPS) is 15.7. The zero-order chi connectivity index (χ0) is 13.1. The van der Waals surface area contributed by atoms with E-state index in [0.717, 1.165) is 0 Å². The fourth-order valence-corrected chi connectivity index (χ4v) is 1.44. The monoisotopic (exact) mass is 255 g/mol. The van der Waals surface area contributed by atoms with Gasteiger partial charge >= 0.3 is 0 Å². The molecular formula is C9H13N5O4. The third-order valence-corrected chi connectivity index (χ3v) is 2.41. The largest absolute Gasteiger partial charge is 0.394 e. The molecule has 0 aromatic carbocycles. The van der Waals surface area contributed by atoms with Crippen LogP contribution in [0.2, 0.25) is 0 Å². The second kappa shape index (κ2) is 5.12. The highest BCUT2D eigenvalue weighted by atomic mass is 16.5. The van der Waals surface area contributed by atoms with Crippen LogP contribution in [-0.2, 0) is 0 Å². The maximum absolute atomic E-state index is 11.4. The van der Waals surface area contributed by atoms with E-state index < -0.39 is 18.9 Å². The van der Waals surface area contributed by atoms with Gasteiger partial charge in [-0.1, -0.05) is 0 Å². The molecule has 0 bridgehead atoms. The summed E-state index contributed by atoms with van der Waals surface area (Å²) in [4.78, 5) is 19.3. The Morgan fingerprint density at radius 3 is 2.89 bits per heavy atom. The summed E-state index contributed by atoms with van der Waals surface area (Å²) >= 11 is 0. The average molecular weight is 255 g/mol. The quantitative estimate of drug-likeness (QED) is 0.329. The standard InChI is InChI=1S/C9H13N5O4/c15-2-5(8(17)18)13-9-10-1-4-6(14-9)11-3-12-7(4)16/h1,5,8,15,17-18H,2-3H2,(H,12,16)(H2,10,11,13,14). The van der Waals surface area contributed by atoms with Crippen LogP contribution < -0.4 is 16.0 Å². The molecule has 0 saturated heterocycles. The Morgan fingerprint density at radius 1 is 1.44 bits per heavy atom. The first-order chi connectivity index (χ1) is 8.61. The third-order valence-electron chi connectivity index (χ3n) is 2.41. The van der Waals surface area contributed by atoms with Crippen LogP contribution in [0.3, 0.4) is 0 Å². The maximum Gasteiger partial charge on any atom is 0.257 e. The van der Waals surface area contributed by atoms with Crippen LogP contribution in [-0.4, -0.2) is 56.8 Å². The minimum absolute atomic E-state index is 0.0862. The van der Waals surface area contributed by atoms with Gasteiger partial charge in [0, 0.05) is 6.20 Å². The number of hydrogen-bond acceptors (Lipinski definition) is 8. The third kappa shape index (κ3) is 2.47. The number of rotatable bonds is 4. The van der Waals surface area contributed by atoms with Gasteiger partial charge in [0.25, 0.3) is 5.91 Å². The Hall–Kier alpha value is -1.97. The highest BCUT2D eigenvalue weighted by Crippen LogP contribution is 2.16. The van der Waals surface area contributed by atoms with Crippen molar-refractivity contribution < 1.29 is 20.1 Å². The van der Waals surface area contributed by atoms with Gasteiger partial charge in [0.05, 0.1) is 13.3 Å². The van der Waals surface area contributed by atoms with E-state index in [1.165, 1.54) is 6.20 Å². The van der Waals surface area contributed by atoms with Gasteiger partial charge in [0.2, 0.25) is 5.95 Å². The predicted molar refractivity (Wildman–Crippen MR) is 60.7 cm³/mol. The summed E-state index contributed by atoms with van der Waals surface area (Å²) in [6.07, 6.45) is -0.435. The summed E-state index contributed by atoms with van der Waals surface area (Å²) in [5.74, 6) is 0.152. The second-order valence-electron chi connectivity index (χ2n) is 3.66. The number of carbonyl (C=O) groups excluding carboxylic acids is 1. The van der Waals surface area contributed by atoms with Crippen LogP contribution in [0.1, 0.15) is 10.4 Å². The van der Waals surface area contributed by atoms with Gasteiger partial charge in [0.15, 0.2) is 6.29 Å². The van der Waals surface area contributed by atoms with Gasteiger partial charge in [-0.15, -0.1) is 0 Å². The number of nitrogens with zero attached hydrogens (tertiary/aromatic N) is 2. The number of aromatic nitrogens is 2. The molecule has 1 unspecified atom stereocenters. The van der Waals surface area contributed by atoms with Crippen LogP contribution in [0.5, 0.6) is 0 Å². The number of amides is 1. The highest BCUT2D eigenvalue weighted by molar-refractivity contribution is 6.00. The molecule has 1 aromatic rings. The van der Waals surface area contributed by atoms with Crippen LogP contribution in [0.25, 0.3) is 0 Å². The molecule has 9 nitrogen and oxygen atoms in total. The van der Waals surface area contributed by atoms with Crippen molar-refractivity contribution in [2.75, 3.05) is 23.9 Å². The van der Waals surface area contributed by atoms with Crippen LogP contribution in [0.4, 0.5) is 11.8 Å². The number of aliphatic hydroxyl groups excluding tert-OH is 2. The van der Waals surface area contributed by atoms with Crippen molar-refractivity contribution in [3.05, 3.63) is 11.8 Å². The fraction of sp³-hybridized carbons (Fsp3) is 0.444. The van der Waals surface area contributed by atoms with E-state index in [-0.39, 0.29) is 18.5 Å². The molecular weight excluding hydrogens is 242 g/mol. The van der Waals surface area contributed by atoms with E-state index in [1.807, 2.05) is 0 Å². The zero-order valence-corrected chi connectivity index (χ0v) is 9.29. The Labute approximate surface area is 102 Å². The molecule has 0 spiro atoms. The number of nitrogens with one attached hydrogen (secondary N) is 3. The van der Waals surface area contributed by atoms with Gasteiger partial charge < -0.3 is 31.3 Å². The van der Waals surface area contributed by atoms with Gasteiger partial charge in [-0.3, -0.25) is 4.79 Å². The minimum atomic E-state index is -1.74. The van der Waals surface area contributed by atoms with Crippen molar-refractivity contribution in [3.8, 4) is 0 Å². The van der Waals surface area contributed by atoms with Crippen molar-refractivity contribution >= 4 is 17.7 Å². The van der Waals surface area contributed by atoms with Crippen molar-refractivity contribution in [1.82, 2.24) is 15.3 Å². The molecule has 1 aromatic heterocycles. The lowest BCUT2D eigenvalue weighted by molar-refractivity contribution is -0.0628. The summed E-state index contributed by atoms with van der Waals surface area (Å²) in [7, 11) is 0.